The van der Waals surface area contributed by atoms with Gasteiger partial charge >= 0.3 is 6.18 Å². The van der Waals surface area contributed by atoms with Gasteiger partial charge in [-0.15, -0.1) is 11.3 Å². The Morgan fingerprint density at radius 1 is 1.29 bits per heavy atom. The van der Waals surface area contributed by atoms with Crippen LogP contribution in [-0.2, 0) is 23.8 Å². The molecule has 0 radical (unpaired) electrons. The van der Waals surface area contributed by atoms with Crippen molar-refractivity contribution in [3.63, 3.8) is 0 Å². The van der Waals surface area contributed by atoms with Crippen molar-refractivity contribution in [1.29, 1.82) is 0 Å². The first-order valence-electron chi connectivity index (χ1n) is 9.18. The number of hydrogen-bond donors (Lipinski definition) is 2. The minimum absolute atomic E-state index is 0.122. The molecular formula is C18H23F3N4O2S. The highest BCUT2D eigenvalue weighted by Crippen LogP contribution is 2.30. The highest BCUT2D eigenvalue weighted by Gasteiger charge is 2.33. The number of nitrogens with zero attached hydrogens (tertiary/aromatic N) is 2. The van der Waals surface area contributed by atoms with Gasteiger partial charge < -0.3 is 19.8 Å². The number of furan rings is 1. The fraction of sp³-hybridized carbons (Fsp3) is 0.556. The second kappa shape index (κ2) is 9.92. The SMILES string of the molecule is FC(F)(F)c1csc(CCNC(=NCC2CCCO2)NCCc2ccco2)n1. The number of alkyl halides is 3. The first kappa shape index (κ1) is 20.7. The Morgan fingerprint density at radius 3 is 2.75 bits per heavy atom. The fourth-order valence-corrected chi connectivity index (χ4v) is 3.56. The van der Waals surface area contributed by atoms with Crippen LogP contribution in [0, 0.1) is 0 Å². The summed E-state index contributed by atoms with van der Waals surface area (Å²) in [5, 5.41) is 7.87. The Hall–Kier alpha value is -2.07. The number of hydrogen-bond acceptors (Lipinski definition) is 5. The molecule has 154 valence electrons. The average Bonchev–Trinajstić information content (AvgIpc) is 3.40. The van der Waals surface area contributed by atoms with Crippen LogP contribution in [0.3, 0.4) is 0 Å². The van der Waals surface area contributed by atoms with E-state index < -0.39 is 11.9 Å². The van der Waals surface area contributed by atoms with E-state index in [0.29, 0.717) is 43.4 Å². The zero-order valence-electron chi connectivity index (χ0n) is 15.3. The lowest BCUT2D eigenvalue weighted by molar-refractivity contribution is -0.140. The average molecular weight is 416 g/mol. The van der Waals surface area contributed by atoms with E-state index in [-0.39, 0.29) is 6.10 Å². The molecule has 0 aromatic carbocycles. The second-order valence-corrected chi connectivity index (χ2v) is 7.32. The van der Waals surface area contributed by atoms with Crippen LogP contribution >= 0.6 is 11.3 Å². The zero-order chi connectivity index (χ0) is 19.8. The van der Waals surface area contributed by atoms with Gasteiger partial charge in [-0.1, -0.05) is 0 Å². The third-order valence-electron chi connectivity index (χ3n) is 4.19. The summed E-state index contributed by atoms with van der Waals surface area (Å²) in [5.41, 5.74) is -0.837. The minimum Gasteiger partial charge on any atom is -0.469 e. The maximum atomic E-state index is 12.6. The molecule has 1 fully saturated rings. The number of nitrogens with one attached hydrogen (secondary N) is 2. The number of aromatic nitrogens is 1. The lowest BCUT2D eigenvalue weighted by Crippen LogP contribution is -2.40. The standard InChI is InChI=1S/C18H23F3N4O2S/c19-18(20,21)15-12-28-16(25-15)6-8-23-17(24-11-14-4-2-10-27-14)22-7-5-13-3-1-9-26-13/h1,3,9,12,14H,2,4-8,10-11H2,(H2,22,23,24). The minimum atomic E-state index is -4.40. The molecule has 1 atom stereocenters. The van der Waals surface area contributed by atoms with Crippen molar-refractivity contribution in [2.24, 2.45) is 4.99 Å². The van der Waals surface area contributed by atoms with Crippen LogP contribution in [0.2, 0.25) is 0 Å². The van der Waals surface area contributed by atoms with Gasteiger partial charge in [0.2, 0.25) is 0 Å². The summed E-state index contributed by atoms with van der Waals surface area (Å²) in [7, 11) is 0. The highest BCUT2D eigenvalue weighted by atomic mass is 32.1. The van der Waals surface area contributed by atoms with E-state index in [4.69, 9.17) is 9.15 Å². The maximum Gasteiger partial charge on any atom is 0.434 e. The van der Waals surface area contributed by atoms with Crippen molar-refractivity contribution < 1.29 is 22.3 Å². The van der Waals surface area contributed by atoms with E-state index in [2.05, 4.69) is 20.6 Å². The predicted molar refractivity (Wildman–Crippen MR) is 101 cm³/mol. The molecule has 2 aromatic heterocycles. The third kappa shape index (κ3) is 6.52. The monoisotopic (exact) mass is 416 g/mol. The maximum absolute atomic E-state index is 12.6. The van der Waals surface area contributed by atoms with Crippen molar-refractivity contribution in [2.75, 3.05) is 26.2 Å². The molecule has 1 saturated heterocycles. The van der Waals surface area contributed by atoms with E-state index in [1.165, 1.54) is 0 Å². The molecule has 2 N–H and O–H groups in total. The number of guanidine groups is 1. The summed E-state index contributed by atoms with van der Waals surface area (Å²) in [5.74, 6) is 1.48. The Labute approximate surface area is 165 Å². The second-order valence-electron chi connectivity index (χ2n) is 6.38. The lowest BCUT2D eigenvalue weighted by atomic mass is 10.2. The van der Waals surface area contributed by atoms with Crippen LogP contribution in [0.1, 0.15) is 29.3 Å². The third-order valence-corrected chi connectivity index (χ3v) is 5.10. The summed E-state index contributed by atoms with van der Waals surface area (Å²) in [4.78, 5) is 8.19. The lowest BCUT2D eigenvalue weighted by Gasteiger charge is -2.13. The largest absolute Gasteiger partial charge is 0.469 e. The van der Waals surface area contributed by atoms with Gasteiger partial charge in [-0.25, -0.2) is 4.98 Å². The van der Waals surface area contributed by atoms with Gasteiger partial charge in [-0.05, 0) is 25.0 Å². The van der Waals surface area contributed by atoms with E-state index in [9.17, 15) is 13.2 Å². The van der Waals surface area contributed by atoms with Gasteiger partial charge in [0.15, 0.2) is 11.7 Å². The molecule has 0 saturated carbocycles. The van der Waals surface area contributed by atoms with Gasteiger partial charge in [-0.2, -0.15) is 13.2 Å². The molecule has 1 unspecified atom stereocenters. The van der Waals surface area contributed by atoms with Crippen LogP contribution in [0.15, 0.2) is 33.2 Å². The van der Waals surface area contributed by atoms with Crippen LogP contribution in [0.25, 0.3) is 0 Å². The molecule has 0 aliphatic carbocycles. The first-order valence-corrected chi connectivity index (χ1v) is 10.1. The van der Waals surface area contributed by atoms with Gasteiger partial charge in [0, 0.05) is 37.9 Å². The molecule has 10 heteroatoms. The quantitative estimate of drug-likeness (QED) is 0.511. The molecule has 6 nitrogen and oxygen atoms in total. The molecule has 2 aromatic rings. The number of rotatable bonds is 8. The van der Waals surface area contributed by atoms with Crippen LogP contribution < -0.4 is 10.6 Å². The molecular weight excluding hydrogens is 393 g/mol. The molecule has 1 aliphatic rings. The zero-order valence-corrected chi connectivity index (χ0v) is 16.1. The van der Waals surface area contributed by atoms with E-state index in [1.807, 2.05) is 12.1 Å². The van der Waals surface area contributed by atoms with Crippen LogP contribution in [0.4, 0.5) is 13.2 Å². The molecule has 3 heterocycles. The Morgan fingerprint density at radius 2 is 2.11 bits per heavy atom. The van der Waals surface area contributed by atoms with E-state index >= 15 is 0 Å². The molecule has 0 amide bonds. The first-order chi connectivity index (χ1) is 13.5. The van der Waals surface area contributed by atoms with Crippen molar-refractivity contribution >= 4 is 17.3 Å². The van der Waals surface area contributed by atoms with E-state index in [1.54, 1.807) is 6.26 Å². The van der Waals surface area contributed by atoms with Crippen LogP contribution in [0.5, 0.6) is 0 Å². The predicted octanol–water partition coefficient (Wildman–Crippen LogP) is 3.25. The van der Waals surface area contributed by atoms with Crippen molar-refractivity contribution in [1.82, 2.24) is 15.6 Å². The molecule has 0 spiro atoms. The topological polar surface area (TPSA) is 71.7 Å². The number of aliphatic imine (C=N–C) groups is 1. The van der Waals surface area contributed by atoms with Gasteiger partial charge in [0.1, 0.15) is 5.76 Å². The summed E-state index contributed by atoms with van der Waals surface area (Å²) >= 11 is 1.01. The summed E-state index contributed by atoms with van der Waals surface area (Å²) in [6.45, 7) is 2.37. The molecule has 3 rings (SSSR count). The van der Waals surface area contributed by atoms with Crippen molar-refractivity contribution in [2.45, 2.75) is 38.0 Å². The van der Waals surface area contributed by atoms with Gasteiger partial charge in [0.25, 0.3) is 0 Å². The normalized spacial score (nSPS) is 17.8. The van der Waals surface area contributed by atoms with Gasteiger partial charge in [-0.3, -0.25) is 4.99 Å². The van der Waals surface area contributed by atoms with Crippen molar-refractivity contribution in [3.05, 3.63) is 40.2 Å². The Kier molecular flexibility index (Phi) is 7.32. The number of thiazole rings is 1. The van der Waals surface area contributed by atoms with Crippen LogP contribution in [-0.4, -0.2) is 43.3 Å². The van der Waals surface area contributed by atoms with Gasteiger partial charge in [0.05, 0.1) is 23.9 Å². The number of ether oxygens (including phenoxy) is 1. The molecule has 28 heavy (non-hydrogen) atoms. The van der Waals surface area contributed by atoms with E-state index in [0.717, 1.165) is 41.9 Å². The summed E-state index contributed by atoms with van der Waals surface area (Å²) < 4.78 is 48.8. The fourth-order valence-electron chi connectivity index (χ4n) is 2.76. The Balaban J connectivity index is 1.48. The highest BCUT2D eigenvalue weighted by molar-refractivity contribution is 7.09. The Bertz CT molecular complexity index is 740. The summed E-state index contributed by atoms with van der Waals surface area (Å²) in [6, 6.07) is 3.74. The summed E-state index contributed by atoms with van der Waals surface area (Å²) in [6.07, 6.45) is 0.474. The molecule has 1 aliphatic heterocycles. The van der Waals surface area contributed by atoms with Crippen molar-refractivity contribution in [3.8, 4) is 0 Å². The smallest absolute Gasteiger partial charge is 0.434 e. The molecule has 0 bridgehead atoms. The number of halogens is 3.